The highest BCUT2D eigenvalue weighted by atomic mass is 32.1. The Morgan fingerprint density at radius 3 is 2.42 bits per heavy atom. The number of likely N-dealkylation sites (tertiary alicyclic amines) is 1. The number of hydrogen-bond acceptors (Lipinski definition) is 7. The smallest absolute Gasteiger partial charge is 0.474 e. The van der Waals surface area contributed by atoms with E-state index in [4.69, 9.17) is 9.47 Å². The summed E-state index contributed by atoms with van der Waals surface area (Å²) in [5, 5.41) is 3.68. The van der Waals surface area contributed by atoms with Gasteiger partial charge in [0, 0.05) is 43.9 Å². The summed E-state index contributed by atoms with van der Waals surface area (Å²) >= 11 is 0.765. The molecule has 0 spiro atoms. The maximum absolute atomic E-state index is 13.9. The predicted octanol–water partition coefficient (Wildman–Crippen LogP) is 4.89. The molecular formula is C21H23F6N3O5S. The van der Waals surface area contributed by atoms with E-state index in [1.807, 2.05) is 0 Å². The van der Waals surface area contributed by atoms with E-state index in [0.29, 0.717) is 0 Å². The number of ether oxygens (including phenoxy) is 3. The maximum atomic E-state index is 13.9. The Kier molecular flexibility index (Phi) is 8.23. The second kappa shape index (κ2) is 10.7. The van der Waals surface area contributed by atoms with E-state index >= 15 is 0 Å². The van der Waals surface area contributed by atoms with E-state index in [-0.39, 0.29) is 53.2 Å². The fourth-order valence-corrected chi connectivity index (χ4v) is 4.77. The predicted molar refractivity (Wildman–Crippen MR) is 116 cm³/mol. The molecule has 0 unspecified atom stereocenters. The second-order valence-electron chi connectivity index (χ2n) is 8.08. The van der Waals surface area contributed by atoms with E-state index in [2.05, 4.69) is 15.0 Å². The number of pyridine rings is 1. The van der Waals surface area contributed by atoms with Gasteiger partial charge >= 0.3 is 18.6 Å². The fraction of sp³-hybridized carbons (Fsp3) is 0.571. The van der Waals surface area contributed by atoms with Gasteiger partial charge in [-0.25, -0.2) is 9.78 Å². The largest absolute Gasteiger partial charge is 0.522 e. The summed E-state index contributed by atoms with van der Waals surface area (Å²) in [5.41, 5.74) is -1.28. The van der Waals surface area contributed by atoms with Crippen LogP contribution >= 0.6 is 11.3 Å². The number of fused-ring (bicyclic) bond motifs is 1. The lowest BCUT2D eigenvalue weighted by atomic mass is 10.1. The molecule has 3 rings (SSSR count). The molecule has 0 bridgehead atoms. The van der Waals surface area contributed by atoms with E-state index < -0.39 is 48.9 Å². The molecule has 1 aliphatic rings. The molecule has 15 heteroatoms. The number of nitrogens with one attached hydrogen (secondary N) is 1. The Morgan fingerprint density at radius 2 is 1.86 bits per heavy atom. The van der Waals surface area contributed by atoms with Gasteiger partial charge in [0.25, 0.3) is 5.91 Å². The molecule has 1 fully saturated rings. The molecule has 0 radical (unpaired) electrons. The van der Waals surface area contributed by atoms with Gasteiger partial charge in [-0.2, -0.15) is 13.2 Å². The number of carbonyl (C=O) groups excluding carboxylic acids is 2. The van der Waals surface area contributed by atoms with Crippen molar-refractivity contribution >= 4 is 33.6 Å². The number of piperidine rings is 1. The Labute approximate surface area is 205 Å². The van der Waals surface area contributed by atoms with Crippen LogP contribution in [0.5, 0.6) is 5.88 Å². The third kappa shape index (κ3) is 6.49. The van der Waals surface area contributed by atoms with Gasteiger partial charge in [0.15, 0.2) is 0 Å². The van der Waals surface area contributed by atoms with Gasteiger partial charge in [-0.05, 0) is 13.8 Å². The Balaban J connectivity index is 1.71. The van der Waals surface area contributed by atoms with Gasteiger partial charge in [-0.1, -0.05) is 0 Å². The SMILES string of the molecule is CNC(=O)c1csc2c(C(F)(F)F)c(C)c(OC3CCN(C(=O)O[C@@H](C)COC(F)(F)F)CC3)nc12. The number of rotatable bonds is 6. The van der Waals surface area contributed by atoms with Crippen LogP contribution in [-0.2, 0) is 15.7 Å². The van der Waals surface area contributed by atoms with Gasteiger partial charge in [0.05, 0.1) is 28.0 Å². The first-order valence-corrected chi connectivity index (χ1v) is 11.6. The molecule has 0 aliphatic carbocycles. The number of amides is 2. The summed E-state index contributed by atoms with van der Waals surface area (Å²) in [6.07, 6.45) is -11.7. The molecule has 1 atom stereocenters. The minimum Gasteiger partial charge on any atom is -0.474 e. The fourth-order valence-electron chi connectivity index (χ4n) is 3.66. The van der Waals surface area contributed by atoms with Crippen LogP contribution in [0.25, 0.3) is 10.2 Å². The van der Waals surface area contributed by atoms with Crippen molar-refractivity contribution < 1.29 is 50.1 Å². The maximum Gasteiger partial charge on any atom is 0.522 e. The lowest BCUT2D eigenvalue weighted by molar-refractivity contribution is -0.329. The van der Waals surface area contributed by atoms with Crippen molar-refractivity contribution in [3.8, 4) is 5.88 Å². The average Bonchev–Trinajstić information content (AvgIpc) is 3.19. The summed E-state index contributed by atoms with van der Waals surface area (Å²) in [6, 6.07) is 0. The van der Waals surface area contributed by atoms with Crippen molar-refractivity contribution in [2.45, 2.75) is 51.4 Å². The quantitative estimate of drug-likeness (QED) is 0.522. The van der Waals surface area contributed by atoms with Crippen LogP contribution in [0.15, 0.2) is 5.38 Å². The summed E-state index contributed by atoms with van der Waals surface area (Å²) in [6.45, 7) is 1.84. The standard InChI is InChI=1S/C21H23F6N3O5S/c1-10(8-33-21(25,26)27)34-19(32)30-6-4-12(5-7-30)35-18-11(2)14(20(22,23)24)16-15(29-18)13(9-36-16)17(31)28-3/h9-10,12H,4-8H2,1-3H3,(H,28,31)/t10-/m0/s1. The summed E-state index contributed by atoms with van der Waals surface area (Å²) in [7, 11) is 1.35. The zero-order valence-electron chi connectivity index (χ0n) is 19.4. The summed E-state index contributed by atoms with van der Waals surface area (Å²) < 4.78 is 92.2. The molecule has 2 aromatic rings. The van der Waals surface area contributed by atoms with E-state index in [0.717, 1.165) is 11.3 Å². The van der Waals surface area contributed by atoms with Gasteiger partial charge < -0.3 is 19.7 Å². The highest BCUT2D eigenvalue weighted by Gasteiger charge is 2.39. The Bertz CT molecular complexity index is 1110. The number of alkyl halides is 6. The van der Waals surface area contributed by atoms with E-state index in [1.165, 1.54) is 31.2 Å². The molecule has 36 heavy (non-hydrogen) atoms. The van der Waals surface area contributed by atoms with Crippen molar-refractivity contribution in [3.63, 3.8) is 0 Å². The highest BCUT2D eigenvalue weighted by molar-refractivity contribution is 7.17. The molecule has 1 N–H and O–H groups in total. The molecule has 1 aliphatic heterocycles. The molecule has 3 heterocycles. The van der Waals surface area contributed by atoms with E-state index in [9.17, 15) is 35.9 Å². The molecule has 0 saturated carbocycles. The third-order valence-electron chi connectivity index (χ3n) is 5.42. The molecule has 200 valence electrons. The van der Waals surface area contributed by atoms with Crippen LogP contribution in [0.1, 0.15) is 41.3 Å². The number of aromatic nitrogens is 1. The van der Waals surface area contributed by atoms with Crippen LogP contribution in [0, 0.1) is 6.92 Å². The lowest BCUT2D eigenvalue weighted by Crippen LogP contribution is -2.43. The van der Waals surface area contributed by atoms with Crippen molar-refractivity contribution in [2.24, 2.45) is 0 Å². The third-order valence-corrected chi connectivity index (χ3v) is 6.41. The molecule has 2 aromatic heterocycles. The topological polar surface area (TPSA) is 90.0 Å². The first-order chi connectivity index (χ1) is 16.7. The number of thiophene rings is 1. The van der Waals surface area contributed by atoms with Crippen LogP contribution in [0.4, 0.5) is 31.1 Å². The van der Waals surface area contributed by atoms with Crippen molar-refractivity contribution in [2.75, 3.05) is 26.7 Å². The van der Waals surface area contributed by atoms with E-state index in [1.54, 1.807) is 0 Å². The minimum absolute atomic E-state index is 0.00552. The van der Waals surface area contributed by atoms with Gasteiger partial charge in [0.1, 0.15) is 12.2 Å². The van der Waals surface area contributed by atoms with Crippen LogP contribution < -0.4 is 10.1 Å². The zero-order valence-corrected chi connectivity index (χ0v) is 20.2. The highest BCUT2D eigenvalue weighted by Crippen LogP contribution is 2.43. The lowest BCUT2D eigenvalue weighted by Gasteiger charge is -2.32. The molecule has 8 nitrogen and oxygen atoms in total. The first-order valence-electron chi connectivity index (χ1n) is 10.7. The molecular weight excluding hydrogens is 520 g/mol. The molecule has 2 amide bonds. The number of halogens is 6. The second-order valence-corrected chi connectivity index (χ2v) is 8.96. The average molecular weight is 543 g/mol. The van der Waals surface area contributed by atoms with Crippen LogP contribution in [0.2, 0.25) is 0 Å². The van der Waals surface area contributed by atoms with Crippen molar-refractivity contribution in [1.82, 2.24) is 15.2 Å². The Morgan fingerprint density at radius 1 is 1.22 bits per heavy atom. The summed E-state index contributed by atoms with van der Waals surface area (Å²) in [5.74, 6) is -0.851. The number of hydrogen-bond donors (Lipinski definition) is 1. The monoisotopic (exact) mass is 543 g/mol. The van der Waals surface area contributed by atoms with Crippen molar-refractivity contribution in [3.05, 3.63) is 22.1 Å². The first kappa shape index (κ1) is 27.8. The van der Waals surface area contributed by atoms with Gasteiger partial charge in [-0.15, -0.1) is 24.5 Å². The minimum atomic E-state index is -4.85. The van der Waals surface area contributed by atoms with Gasteiger partial charge in [-0.3, -0.25) is 9.53 Å². The summed E-state index contributed by atoms with van der Waals surface area (Å²) in [4.78, 5) is 29.8. The molecule has 1 saturated heterocycles. The number of carbonyl (C=O) groups is 2. The Hall–Kier alpha value is -2.81. The molecule has 0 aromatic carbocycles. The van der Waals surface area contributed by atoms with Gasteiger partial charge in [0.2, 0.25) is 5.88 Å². The van der Waals surface area contributed by atoms with Crippen LogP contribution in [-0.4, -0.2) is 67.2 Å². The van der Waals surface area contributed by atoms with Crippen LogP contribution in [0.3, 0.4) is 0 Å². The number of nitrogens with zero attached hydrogens (tertiary/aromatic N) is 2. The van der Waals surface area contributed by atoms with Crippen molar-refractivity contribution in [1.29, 1.82) is 0 Å². The zero-order chi connectivity index (χ0) is 26.8. The normalized spacial score (nSPS) is 16.2.